The summed E-state index contributed by atoms with van der Waals surface area (Å²) in [6.45, 7) is 4.25. The molecule has 37 heavy (non-hydrogen) atoms. The number of carbonyl (C=O) groups is 1. The molecule has 192 valence electrons. The molecular formula is C29H33ClN6O. The van der Waals surface area contributed by atoms with Gasteiger partial charge in [-0.1, -0.05) is 48.0 Å². The van der Waals surface area contributed by atoms with Gasteiger partial charge in [0.05, 0.1) is 12.4 Å². The first-order valence-corrected chi connectivity index (χ1v) is 12.8. The van der Waals surface area contributed by atoms with E-state index in [1.165, 1.54) is 5.56 Å². The summed E-state index contributed by atoms with van der Waals surface area (Å²) >= 11 is 6.19. The van der Waals surface area contributed by atoms with Crippen molar-refractivity contribution < 1.29 is 4.79 Å². The van der Waals surface area contributed by atoms with Crippen molar-refractivity contribution >= 4 is 40.6 Å². The van der Waals surface area contributed by atoms with Crippen LogP contribution in [0.25, 0.3) is 0 Å². The second kappa shape index (κ2) is 11.9. The number of anilines is 2. The number of rotatable bonds is 8. The SMILES string of the molecule is CC(=N)N1CCC(c2ccc(NC(=O)CN(Cc3cccc(Cl)c3)c3cccc(C(=N)N)c3)cc2)CC1. The number of likely N-dealkylation sites (tertiary alicyclic amines) is 1. The summed E-state index contributed by atoms with van der Waals surface area (Å²) in [5, 5.41) is 19.3. The van der Waals surface area contributed by atoms with Gasteiger partial charge in [-0.2, -0.15) is 0 Å². The molecule has 1 saturated heterocycles. The Hall–Kier alpha value is -3.84. The topological polar surface area (TPSA) is 109 Å². The molecule has 8 heteroatoms. The highest BCUT2D eigenvalue weighted by atomic mass is 35.5. The van der Waals surface area contributed by atoms with Crippen molar-refractivity contribution in [1.29, 1.82) is 10.8 Å². The van der Waals surface area contributed by atoms with Crippen molar-refractivity contribution in [1.82, 2.24) is 4.90 Å². The summed E-state index contributed by atoms with van der Waals surface area (Å²) in [6, 6.07) is 23.0. The van der Waals surface area contributed by atoms with Gasteiger partial charge in [0.2, 0.25) is 5.91 Å². The van der Waals surface area contributed by atoms with E-state index in [1.807, 2.05) is 66.4 Å². The molecule has 1 fully saturated rings. The highest BCUT2D eigenvalue weighted by molar-refractivity contribution is 6.30. The van der Waals surface area contributed by atoms with Gasteiger partial charge in [0, 0.05) is 41.6 Å². The first kappa shape index (κ1) is 26.2. The molecule has 0 radical (unpaired) electrons. The highest BCUT2D eigenvalue weighted by Gasteiger charge is 2.21. The number of halogens is 1. The summed E-state index contributed by atoms with van der Waals surface area (Å²) in [4.78, 5) is 17.2. The smallest absolute Gasteiger partial charge is 0.243 e. The van der Waals surface area contributed by atoms with Gasteiger partial charge in [-0.15, -0.1) is 0 Å². The van der Waals surface area contributed by atoms with E-state index in [-0.39, 0.29) is 18.3 Å². The summed E-state index contributed by atoms with van der Waals surface area (Å²) in [6.07, 6.45) is 2.05. The molecule has 0 unspecified atom stereocenters. The Morgan fingerprint density at radius 1 is 1.05 bits per heavy atom. The van der Waals surface area contributed by atoms with Crippen LogP contribution in [-0.4, -0.2) is 42.1 Å². The number of benzene rings is 3. The maximum absolute atomic E-state index is 13.1. The number of amides is 1. The van der Waals surface area contributed by atoms with Crippen LogP contribution in [0.5, 0.6) is 0 Å². The third-order valence-electron chi connectivity index (χ3n) is 6.75. The quantitative estimate of drug-likeness (QED) is 0.236. The lowest BCUT2D eigenvalue weighted by Gasteiger charge is -2.33. The van der Waals surface area contributed by atoms with E-state index in [2.05, 4.69) is 22.3 Å². The lowest BCUT2D eigenvalue weighted by molar-refractivity contribution is -0.115. The third kappa shape index (κ3) is 7.11. The monoisotopic (exact) mass is 516 g/mol. The van der Waals surface area contributed by atoms with Crippen molar-refractivity contribution in [2.24, 2.45) is 5.73 Å². The van der Waals surface area contributed by atoms with E-state index in [0.29, 0.717) is 28.9 Å². The maximum atomic E-state index is 13.1. The van der Waals surface area contributed by atoms with Gasteiger partial charge in [0.25, 0.3) is 0 Å². The van der Waals surface area contributed by atoms with E-state index in [1.54, 1.807) is 6.07 Å². The zero-order valence-corrected chi connectivity index (χ0v) is 21.8. The van der Waals surface area contributed by atoms with E-state index in [4.69, 9.17) is 28.2 Å². The number of piperidine rings is 1. The first-order chi connectivity index (χ1) is 17.8. The van der Waals surface area contributed by atoms with Gasteiger partial charge < -0.3 is 20.9 Å². The second-order valence-electron chi connectivity index (χ2n) is 9.47. The number of amidine groups is 2. The van der Waals surface area contributed by atoms with Crippen LogP contribution in [0.1, 0.15) is 42.4 Å². The standard InChI is InChI=1S/C29H33ClN6O/c1-20(31)35-14-12-23(13-15-35)22-8-10-26(11-9-22)34-28(37)19-36(18-21-4-2-6-25(30)16-21)27-7-3-5-24(17-27)29(32)33/h2-11,16-17,23,31H,12-15,18-19H2,1H3,(H3,32,33)(H,34,37). The van der Waals surface area contributed by atoms with Crippen LogP contribution in [0.15, 0.2) is 72.8 Å². The molecule has 0 saturated carbocycles. The summed E-state index contributed by atoms with van der Waals surface area (Å²) in [7, 11) is 0. The molecule has 1 amide bonds. The molecule has 1 heterocycles. The lowest BCUT2D eigenvalue weighted by Crippen LogP contribution is -2.36. The van der Waals surface area contributed by atoms with Gasteiger partial charge in [-0.3, -0.25) is 15.6 Å². The predicted molar refractivity (Wildman–Crippen MR) is 152 cm³/mol. The van der Waals surface area contributed by atoms with E-state index >= 15 is 0 Å². The van der Waals surface area contributed by atoms with Crippen molar-refractivity contribution in [3.8, 4) is 0 Å². The number of nitrogen functional groups attached to an aromatic ring is 1. The molecule has 3 aromatic rings. The minimum Gasteiger partial charge on any atom is -0.384 e. The average molecular weight is 517 g/mol. The molecule has 0 aliphatic carbocycles. The largest absolute Gasteiger partial charge is 0.384 e. The van der Waals surface area contributed by atoms with Crippen molar-refractivity contribution in [2.75, 3.05) is 29.9 Å². The van der Waals surface area contributed by atoms with Gasteiger partial charge in [0.1, 0.15) is 5.84 Å². The Labute approximate surface area is 223 Å². The van der Waals surface area contributed by atoms with Crippen LogP contribution in [0.3, 0.4) is 0 Å². The number of hydrogen-bond donors (Lipinski definition) is 4. The van der Waals surface area contributed by atoms with Gasteiger partial charge in [-0.05, 0) is 73.2 Å². The molecule has 0 atom stereocenters. The normalized spacial score (nSPS) is 13.7. The molecule has 1 aliphatic heterocycles. The van der Waals surface area contributed by atoms with Crippen LogP contribution < -0.4 is 16.0 Å². The molecule has 0 bridgehead atoms. The van der Waals surface area contributed by atoms with Crippen LogP contribution in [-0.2, 0) is 11.3 Å². The van der Waals surface area contributed by atoms with E-state index in [9.17, 15) is 4.79 Å². The zero-order valence-electron chi connectivity index (χ0n) is 21.0. The number of hydrogen-bond acceptors (Lipinski definition) is 4. The molecule has 0 spiro atoms. The molecule has 5 N–H and O–H groups in total. The van der Waals surface area contributed by atoms with Crippen LogP contribution in [0.4, 0.5) is 11.4 Å². The Morgan fingerprint density at radius 3 is 2.41 bits per heavy atom. The number of nitrogens with one attached hydrogen (secondary N) is 3. The number of carbonyl (C=O) groups excluding carboxylic acids is 1. The Balaban J connectivity index is 1.44. The Bertz CT molecular complexity index is 1270. The molecule has 1 aliphatic rings. The summed E-state index contributed by atoms with van der Waals surface area (Å²) in [5.41, 5.74) is 10.1. The van der Waals surface area contributed by atoms with Gasteiger partial charge in [-0.25, -0.2) is 0 Å². The zero-order chi connectivity index (χ0) is 26.4. The molecule has 0 aromatic heterocycles. The minimum absolute atomic E-state index is 0.0206. The van der Waals surface area contributed by atoms with Crippen LogP contribution >= 0.6 is 11.6 Å². The Kier molecular flexibility index (Phi) is 8.46. The second-order valence-corrected chi connectivity index (χ2v) is 9.90. The van der Waals surface area contributed by atoms with E-state index in [0.717, 1.165) is 42.9 Å². The van der Waals surface area contributed by atoms with Crippen LogP contribution in [0, 0.1) is 10.8 Å². The molecule has 3 aromatic carbocycles. The maximum Gasteiger partial charge on any atom is 0.243 e. The molecule has 7 nitrogen and oxygen atoms in total. The average Bonchev–Trinajstić information content (AvgIpc) is 2.89. The predicted octanol–water partition coefficient (Wildman–Crippen LogP) is 5.45. The van der Waals surface area contributed by atoms with E-state index < -0.39 is 0 Å². The van der Waals surface area contributed by atoms with Gasteiger partial charge in [0.15, 0.2) is 0 Å². The molecular weight excluding hydrogens is 484 g/mol. The Morgan fingerprint density at radius 2 is 1.76 bits per heavy atom. The number of nitrogens with two attached hydrogens (primary N) is 1. The fourth-order valence-corrected chi connectivity index (χ4v) is 4.94. The van der Waals surface area contributed by atoms with Crippen LogP contribution in [0.2, 0.25) is 5.02 Å². The summed E-state index contributed by atoms with van der Waals surface area (Å²) in [5.74, 6) is 0.946. The fourth-order valence-electron chi connectivity index (χ4n) is 4.73. The highest BCUT2D eigenvalue weighted by Crippen LogP contribution is 2.29. The first-order valence-electron chi connectivity index (χ1n) is 12.4. The number of nitrogens with zero attached hydrogens (tertiary/aromatic N) is 2. The summed E-state index contributed by atoms with van der Waals surface area (Å²) < 4.78 is 0. The lowest BCUT2D eigenvalue weighted by atomic mass is 9.89. The van der Waals surface area contributed by atoms with Gasteiger partial charge >= 0.3 is 0 Å². The van der Waals surface area contributed by atoms with Crippen molar-refractivity contribution in [2.45, 2.75) is 32.2 Å². The molecule has 4 rings (SSSR count). The fraction of sp³-hybridized carbons (Fsp3) is 0.276. The third-order valence-corrected chi connectivity index (χ3v) is 6.99. The van der Waals surface area contributed by atoms with Crippen molar-refractivity contribution in [3.63, 3.8) is 0 Å². The van der Waals surface area contributed by atoms with Crippen molar-refractivity contribution in [3.05, 3.63) is 94.5 Å². The minimum atomic E-state index is -0.141.